The lowest BCUT2D eigenvalue weighted by Gasteiger charge is -2.31. The van der Waals surface area contributed by atoms with E-state index in [2.05, 4.69) is 11.8 Å². The largest absolute Gasteiger partial charge is 0.503 e. The number of hydrogen-bond donors (Lipinski definition) is 1. The van der Waals surface area contributed by atoms with Crippen LogP contribution in [0, 0.1) is 0 Å². The van der Waals surface area contributed by atoms with Crippen LogP contribution < -0.4 is 4.74 Å². The molecule has 8 heteroatoms. The number of unbranched alkanes of at least 4 members (excludes halogenated alkanes) is 2. The third kappa shape index (κ3) is 5.51. The van der Waals surface area contributed by atoms with Crippen LogP contribution in [0.25, 0.3) is 0 Å². The molecule has 2 aliphatic heterocycles. The third-order valence-corrected chi connectivity index (χ3v) is 7.14. The van der Waals surface area contributed by atoms with Gasteiger partial charge in [-0.1, -0.05) is 38.0 Å². The molecular weight excluding hydrogens is 452 g/mol. The zero-order valence-corrected chi connectivity index (χ0v) is 20.4. The number of carbonyl (C=O) groups excluding carboxylic acids is 2. The fraction of sp³-hybridized carbons (Fsp3) is 0.462. The average Bonchev–Trinajstić information content (AvgIpc) is 3.49. The van der Waals surface area contributed by atoms with E-state index in [0.717, 1.165) is 43.7 Å². The molecule has 1 amide bonds. The molecule has 7 nitrogen and oxygen atoms in total. The van der Waals surface area contributed by atoms with Crippen LogP contribution in [-0.2, 0) is 9.53 Å². The minimum Gasteiger partial charge on any atom is -0.503 e. The highest BCUT2D eigenvalue weighted by Gasteiger charge is 2.43. The topological polar surface area (TPSA) is 79.3 Å². The standard InChI is InChI=1S/C26H32N2O5S/c1-2-3-4-15-33-20-9-7-19(8-10-20)23-22(24(29)21-6-5-18-34-21)25(30)26(31)28(23)12-11-27-13-16-32-17-14-27/h5-10,18,23,30H,2-4,11-17H2,1H3. The van der Waals surface area contributed by atoms with E-state index in [1.54, 1.807) is 17.0 Å². The summed E-state index contributed by atoms with van der Waals surface area (Å²) in [5.74, 6) is -0.508. The molecule has 1 unspecified atom stereocenters. The van der Waals surface area contributed by atoms with Gasteiger partial charge in [0.05, 0.1) is 36.3 Å². The van der Waals surface area contributed by atoms with Gasteiger partial charge in [0, 0.05) is 26.2 Å². The Bertz CT molecular complexity index is 997. The van der Waals surface area contributed by atoms with Crippen molar-refractivity contribution in [1.82, 2.24) is 9.80 Å². The molecule has 0 spiro atoms. The number of benzene rings is 1. The molecule has 1 fully saturated rings. The Hall–Kier alpha value is -2.68. The lowest BCUT2D eigenvalue weighted by atomic mass is 9.95. The number of Topliss-reactive ketones (excluding diaryl/α,β-unsaturated/α-hetero) is 1. The molecule has 3 heterocycles. The minimum absolute atomic E-state index is 0.144. The monoisotopic (exact) mass is 484 g/mol. The molecule has 4 rings (SSSR count). The van der Waals surface area contributed by atoms with Crippen molar-refractivity contribution in [2.75, 3.05) is 46.0 Å². The molecule has 1 atom stereocenters. The Kier molecular flexibility index (Phi) is 8.37. The van der Waals surface area contributed by atoms with Gasteiger partial charge in [0.15, 0.2) is 5.76 Å². The van der Waals surface area contributed by atoms with Crippen LogP contribution in [-0.4, -0.2) is 72.6 Å². The second kappa shape index (κ2) is 11.6. The van der Waals surface area contributed by atoms with E-state index in [0.29, 0.717) is 37.8 Å². The summed E-state index contributed by atoms with van der Waals surface area (Å²) in [6, 6.07) is 10.4. The summed E-state index contributed by atoms with van der Waals surface area (Å²) in [4.78, 5) is 30.8. The fourth-order valence-corrected chi connectivity index (χ4v) is 5.04. The average molecular weight is 485 g/mol. The number of ketones is 1. The van der Waals surface area contributed by atoms with E-state index in [1.165, 1.54) is 11.3 Å². The summed E-state index contributed by atoms with van der Waals surface area (Å²) < 4.78 is 11.2. The Morgan fingerprint density at radius 2 is 1.91 bits per heavy atom. The maximum Gasteiger partial charge on any atom is 0.290 e. The maximum atomic E-state index is 13.3. The molecule has 0 aliphatic carbocycles. The van der Waals surface area contributed by atoms with Gasteiger partial charge >= 0.3 is 0 Å². The number of aliphatic hydroxyl groups excluding tert-OH is 1. The van der Waals surface area contributed by atoms with Gasteiger partial charge in [-0.25, -0.2) is 0 Å². The molecular formula is C26H32N2O5S. The molecule has 0 saturated carbocycles. The Labute approximate surface area is 204 Å². The van der Waals surface area contributed by atoms with Crippen LogP contribution in [0.1, 0.15) is 47.5 Å². The van der Waals surface area contributed by atoms with E-state index in [4.69, 9.17) is 9.47 Å². The first kappa shape index (κ1) is 24.4. The first-order valence-corrected chi connectivity index (χ1v) is 12.8. The first-order chi connectivity index (χ1) is 16.6. The molecule has 1 aromatic carbocycles. The SMILES string of the molecule is CCCCCOc1ccc(C2C(C(=O)c3cccs3)=C(O)C(=O)N2CCN2CCOCC2)cc1. The van der Waals surface area contributed by atoms with Gasteiger partial charge in [0.25, 0.3) is 5.91 Å². The summed E-state index contributed by atoms with van der Waals surface area (Å²) in [6.45, 7) is 6.81. The van der Waals surface area contributed by atoms with Crippen molar-refractivity contribution in [2.24, 2.45) is 0 Å². The highest BCUT2D eigenvalue weighted by Crippen LogP contribution is 2.39. The smallest absolute Gasteiger partial charge is 0.290 e. The number of nitrogens with zero attached hydrogens (tertiary/aromatic N) is 2. The van der Waals surface area contributed by atoms with Crippen molar-refractivity contribution < 1.29 is 24.2 Å². The molecule has 1 N–H and O–H groups in total. The molecule has 2 aromatic rings. The van der Waals surface area contributed by atoms with Gasteiger partial charge in [-0.3, -0.25) is 14.5 Å². The van der Waals surface area contributed by atoms with Crippen molar-refractivity contribution in [3.8, 4) is 5.75 Å². The Morgan fingerprint density at radius 3 is 2.59 bits per heavy atom. The van der Waals surface area contributed by atoms with Crippen LogP contribution in [0.5, 0.6) is 5.75 Å². The van der Waals surface area contributed by atoms with E-state index >= 15 is 0 Å². The van der Waals surface area contributed by atoms with Crippen LogP contribution in [0.4, 0.5) is 0 Å². The van der Waals surface area contributed by atoms with E-state index in [9.17, 15) is 14.7 Å². The van der Waals surface area contributed by atoms with Gasteiger partial charge in [0.1, 0.15) is 5.75 Å². The van der Waals surface area contributed by atoms with Crippen molar-refractivity contribution in [3.05, 3.63) is 63.6 Å². The van der Waals surface area contributed by atoms with Crippen LogP contribution >= 0.6 is 11.3 Å². The van der Waals surface area contributed by atoms with Gasteiger partial charge in [0.2, 0.25) is 5.78 Å². The predicted octanol–water partition coefficient (Wildman–Crippen LogP) is 4.23. The number of amides is 1. The van der Waals surface area contributed by atoms with Crippen LogP contribution in [0.15, 0.2) is 53.1 Å². The quantitative estimate of drug-likeness (QED) is 0.380. The lowest BCUT2D eigenvalue weighted by molar-refractivity contribution is -0.129. The second-order valence-electron chi connectivity index (χ2n) is 8.55. The number of thiophene rings is 1. The van der Waals surface area contributed by atoms with E-state index in [1.807, 2.05) is 29.6 Å². The molecule has 34 heavy (non-hydrogen) atoms. The summed E-state index contributed by atoms with van der Waals surface area (Å²) in [5.41, 5.74) is 0.922. The number of carbonyl (C=O) groups is 2. The highest BCUT2D eigenvalue weighted by atomic mass is 32.1. The summed E-state index contributed by atoms with van der Waals surface area (Å²) in [6.07, 6.45) is 3.26. The first-order valence-electron chi connectivity index (χ1n) is 11.9. The van der Waals surface area contributed by atoms with Crippen molar-refractivity contribution in [1.29, 1.82) is 0 Å². The molecule has 0 bridgehead atoms. The number of rotatable bonds is 11. The van der Waals surface area contributed by atoms with Gasteiger partial charge in [-0.2, -0.15) is 0 Å². The number of morpholine rings is 1. The predicted molar refractivity (Wildman–Crippen MR) is 131 cm³/mol. The molecule has 0 radical (unpaired) electrons. The third-order valence-electron chi connectivity index (χ3n) is 6.27. The molecule has 1 saturated heterocycles. The lowest BCUT2D eigenvalue weighted by Crippen LogP contribution is -2.43. The van der Waals surface area contributed by atoms with Crippen molar-refractivity contribution in [2.45, 2.75) is 32.2 Å². The summed E-state index contributed by atoms with van der Waals surface area (Å²) >= 11 is 1.30. The molecule has 182 valence electrons. The van der Waals surface area contributed by atoms with E-state index in [-0.39, 0.29) is 11.4 Å². The number of ether oxygens (including phenoxy) is 2. The molecule has 1 aromatic heterocycles. The summed E-state index contributed by atoms with van der Waals surface area (Å²) in [7, 11) is 0. The van der Waals surface area contributed by atoms with E-state index < -0.39 is 17.7 Å². The Morgan fingerprint density at radius 1 is 1.15 bits per heavy atom. The Balaban J connectivity index is 1.57. The number of aliphatic hydroxyl groups is 1. The summed E-state index contributed by atoms with van der Waals surface area (Å²) in [5, 5.41) is 12.6. The number of hydrogen-bond acceptors (Lipinski definition) is 7. The van der Waals surface area contributed by atoms with Crippen LogP contribution in [0.3, 0.4) is 0 Å². The fourth-order valence-electron chi connectivity index (χ4n) is 4.37. The second-order valence-corrected chi connectivity index (χ2v) is 9.50. The van der Waals surface area contributed by atoms with Gasteiger partial charge in [-0.15, -0.1) is 11.3 Å². The van der Waals surface area contributed by atoms with Crippen molar-refractivity contribution in [3.63, 3.8) is 0 Å². The molecule has 2 aliphatic rings. The van der Waals surface area contributed by atoms with Gasteiger partial charge < -0.3 is 19.5 Å². The zero-order valence-electron chi connectivity index (χ0n) is 19.6. The van der Waals surface area contributed by atoms with Crippen LogP contribution in [0.2, 0.25) is 0 Å². The minimum atomic E-state index is -0.641. The van der Waals surface area contributed by atoms with Crippen molar-refractivity contribution >= 4 is 23.0 Å². The normalized spacial score (nSPS) is 19.1. The maximum absolute atomic E-state index is 13.3. The zero-order chi connectivity index (χ0) is 23.9. The van der Waals surface area contributed by atoms with Gasteiger partial charge in [-0.05, 0) is 35.6 Å². The highest BCUT2D eigenvalue weighted by molar-refractivity contribution is 7.12.